The number of nitrogens with zero attached hydrogens (tertiary/aromatic N) is 2. The second-order valence-electron chi connectivity index (χ2n) is 6.13. The zero-order chi connectivity index (χ0) is 21.5. The smallest absolute Gasteiger partial charge is 0.277 e. The fourth-order valence-corrected chi connectivity index (χ4v) is 2.75. The third kappa shape index (κ3) is 4.82. The number of nitro groups is 1. The molecule has 154 valence electrons. The summed E-state index contributed by atoms with van der Waals surface area (Å²) in [6.07, 6.45) is 1.10. The molecule has 30 heavy (non-hydrogen) atoms. The Hall–Kier alpha value is -4.14. The summed E-state index contributed by atoms with van der Waals surface area (Å²) in [6, 6.07) is 15.4. The Kier molecular flexibility index (Phi) is 6.43. The van der Waals surface area contributed by atoms with Crippen LogP contribution in [-0.4, -0.2) is 35.4 Å². The predicted molar refractivity (Wildman–Crippen MR) is 111 cm³/mol. The molecule has 0 saturated heterocycles. The summed E-state index contributed by atoms with van der Waals surface area (Å²) in [4.78, 5) is 22.5. The van der Waals surface area contributed by atoms with Crippen molar-refractivity contribution in [2.75, 3.05) is 13.2 Å². The highest BCUT2D eigenvalue weighted by Crippen LogP contribution is 2.33. The van der Waals surface area contributed by atoms with E-state index in [0.717, 1.165) is 29.1 Å². The van der Waals surface area contributed by atoms with Gasteiger partial charge in [-0.3, -0.25) is 14.9 Å². The van der Waals surface area contributed by atoms with Gasteiger partial charge in [0.25, 0.3) is 11.6 Å². The van der Waals surface area contributed by atoms with E-state index in [1.165, 1.54) is 0 Å². The summed E-state index contributed by atoms with van der Waals surface area (Å²) < 4.78 is 10.8. The predicted octanol–water partition coefficient (Wildman–Crippen LogP) is 3.38. The molecule has 0 heterocycles. The molecule has 0 bridgehead atoms. The van der Waals surface area contributed by atoms with Crippen LogP contribution in [0.5, 0.6) is 17.2 Å². The fourth-order valence-electron chi connectivity index (χ4n) is 2.75. The average Bonchev–Trinajstić information content (AvgIpc) is 2.74. The van der Waals surface area contributed by atoms with Gasteiger partial charge in [-0.15, -0.1) is 0 Å². The molecule has 0 aliphatic carbocycles. The lowest BCUT2D eigenvalue weighted by atomic mass is 10.1. The second kappa shape index (κ2) is 9.37. The molecule has 0 aromatic heterocycles. The van der Waals surface area contributed by atoms with E-state index >= 15 is 0 Å². The number of ether oxygens (including phenoxy) is 2. The number of amides is 1. The molecule has 0 atom stereocenters. The van der Waals surface area contributed by atoms with E-state index in [2.05, 4.69) is 10.5 Å². The average molecular weight is 409 g/mol. The normalized spacial score (nSPS) is 10.8. The van der Waals surface area contributed by atoms with Crippen LogP contribution in [0.3, 0.4) is 0 Å². The molecule has 1 amide bonds. The molecule has 0 saturated carbocycles. The van der Waals surface area contributed by atoms with Crippen LogP contribution in [0, 0.1) is 10.1 Å². The molecule has 0 fully saturated rings. The lowest BCUT2D eigenvalue weighted by Crippen LogP contribution is -2.24. The zero-order valence-corrected chi connectivity index (χ0v) is 16.1. The van der Waals surface area contributed by atoms with Crippen molar-refractivity contribution in [3.63, 3.8) is 0 Å². The number of hydrogen-bond donors (Lipinski definition) is 2. The van der Waals surface area contributed by atoms with Crippen molar-refractivity contribution in [1.29, 1.82) is 0 Å². The van der Waals surface area contributed by atoms with Crippen molar-refractivity contribution in [3.8, 4) is 17.2 Å². The molecule has 3 aromatic carbocycles. The van der Waals surface area contributed by atoms with Gasteiger partial charge in [0.2, 0.25) is 0 Å². The molecule has 0 radical (unpaired) electrons. The van der Waals surface area contributed by atoms with E-state index in [-0.39, 0.29) is 36.0 Å². The monoisotopic (exact) mass is 409 g/mol. The van der Waals surface area contributed by atoms with Crippen molar-refractivity contribution in [1.82, 2.24) is 5.43 Å². The van der Waals surface area contributed by atoms with Gasteiger partial charge >= 0.3 is 0 Å². The van der Waals surface area contributed by atoms with Gasteiger partial charge in [0.05, 0.1) is 23.8 Å². The molecule has 9 nitrogen and oxygen atoms in total. The number of rotatable bonds is 8. The van der Waals surface area contributed by atoms with Crippen molar-refractivity contribution in [2.45, 2.75) is 6.92 Å². The molecular formula is C21H19N3O6. The third-order valence-corrected chi connectivity index (χ3v) is 4.10. The lowest BCUT2D eigenvalue weighted by molar-refractivity contribution is -0.385. The Morgan fingerprint density at radius 3 is 2.70 bits per heavy atom. The molecule has 3 aromatic rings. The molecule has 2 N–H and O–H groups in total. The van der Waals surface area contributed by atoms with Crippen LogP contribution in [0.1, 0.15) is 12.5 Å². The van der Waals surface area contributed by atoms with Gasteiger partial charge in [0.15, 0.2) is 18.1 Å². The van der Waals surface area contributed by atoms with Crippen LogP contribution in [0.25, 0.3) is 10.8 Å². The van der Waals surface area contributed by atoms with Crippen LogP contribution in [0.15, 0.2) is 59.7 Å². The standard InChI is InChI=1S/C21H19N3O6/c1-2-29-19-11-16(24(27)28)10-15(21(19)26)12-22-23-20(25)13-30-18-9-5-7-14-6-3-4-8-17(14)18/h3-12,26H,2,13H2,1H3,(H,23,25)/b22-12+. The summed E-state index contributed by atoms with van der Waals surface area (Å²) in [6.45, 7) is 1.62. The van der Waals surface area contributed by atoms with E-state index in [9.17, 15) is 20.0 Å². The Labute approximate surface area is 171 Å². The summed E-state index contributed by atoms with van der Waals surface area (Å²) in [5.74, 6) is -0.328. The van der Waals surface area contributed by atoms with Gasteiger partial charge in [-0.25, -0.2) is 5.43 Å². The minimum atomic E-state index is -0.615. The van der Waals surface area contributed by atoms with Crippen molar-refractivity contribution >= 4 is 28.6 Å². The summed E-state index contributed by atoms with van der Waals surface area (Å²) >= 11 is 0. The Bertz CT molecular complexity index is 1110. The van der Waals surface area contributed by atoms with Gasteiger partial charge < -0.3 is 14.6 Å². The van der Waals surface area contributed by atoms with Crippen LogP contribution in [-0.2, 0) is 4.79 Å². The first-order chi connectivity index (χ1) is 14.5. The first kappa shape index (κ1) is 20.6. The maximum Gasteiger partial charge on any atom is 0.277 e. The molecule has 3 rings (SSSR count). The first-order valence-electron chi connectivity index (χ1n) is 9.06. The van der Waals surface area contributed by atoms with Gasteiger partial charge in [0.1, 0.15) is 5.75 Å². The van der Waals surface area contributed by atoms with E-state index in [0.29, 0.717) is 5.75 Å². The minimum absolute atomic E-state index is 0.0305. The van der Waals surface area contributed by atoms with Gasteiger partial charge in [-0.1, -0.05) is 36.4 Å². The van der Waals surface area contributed by atoms with Crippen LogP contribution >= 0.6 is 0 Å². The third-order valence-electron chi connectivity index (χ3n) is 4.10. The molecule has 0 aliphatic rings. The summed E-state index contributed by atoms with van der Waals surface area (Å²) in [5, 5.41) is 26.8. The quantitative estimate of drug-likeness (QED) is 0.334. The Balaban J connectivity index is 1.66. The van der Waals surface area contributed by atoms with Gasteiger partial charge in [-0.2, -0.15) is 5.10 Å². The van der Waals surface area contributed by atoms with E-state index in [1.807, 2.05) is 36.4 Å². The van der Waals surface area contributed by atoms with Gasteiger partial charge in [0, 0.05) is 17.0 Å². The zero-order valence-electron chi connectivity index (χ0n) is 16.1. The SMILES string of the molecule is CCOc1cc([N+](=O)[O-])cc(/C=N/NC(=O)COc2cccc3ccccc23)c1O. The lowest BCUT2D eigenvalue weighted by Gasteiger charge is -2.09. The number of phenols is 1. The second-order valence-corrected chi connectivity index (χ2v) is 6.13. The molecular weight excluding hydrogens is 390 g/mol. The highest BCUT2D eigenvalue weighted by atomic mass is 16.6. The molecule has 0 aliphatic heterocycles. The molecule has 9 heteroatoms. The van der Waals surface area contributed by atoms with Crippen LogP contribution < -0.4 is 14.9 Å². The number of hydrogen-bond acceptors (Lipinski definition) is 7. The van der Waals surface area contributed by atoms with Crippen molar-refractivity contribution in [2.24, 2.45) is 5.10 Å². The highest BCUT2D eigenvalue weighted by Gasteiger charge is 2.16. The number of aromatic hydroxyl groups is 1. The number of carbonyl (C=O) groups excluding carboxylic acids is 1. The summed E-state index contributed by atoms with van der Waals surface area (Å²) in [5.41, 5.74) is 2.02. The number of non-ortho nitro benzene ring substituents is 1. The topological polar surface area (TPSA) is 123 Å². The number of phenolic OH excluding ortho intramolecular Hbond substituents is 1. The van der Waals surface area contributed by atoms with Crippen LogP contribution in [0.2, 0.25) is 0 Å². The van der Waals surface area contributed by atoms with E-state index in [4.69, 9.17) is 9.47 Å². The molecule has 0 unspecified atom stereocenters. The number of nitro benzene ring substituents is 1. The number of nitrogens with one attached hydrogen (secondary N) is 1. The highest BCUT2D eigenvalue weighted by molar-refractivity contribution is 5.89. The summed E-state index contributed by atoms with van der Waals surface area (Å²) in [7, 11) is 0. The fraction of sp³-hybridized carbons (Fsp3) is 0.143. The van der Waals surface area contributed by atoms with Crippen molar-refractivity contribution in [3.05, 3.63) is 70.3 Å². The maximum atomic E-state index is 12.0. The molecule has 0 spiro atoms. The van der Waals surface area contributed by atoms with Gasteiger partial charge in [-0.05, 0) is 18.4 Å². The number of benzene rings is 3. The van der Waals surface area contributed by atoms with Crippen LogP contribution in [0.4, 0.5) is 5.69 Å². The first-order valence-corrected chi connectivity index (χ1v) is 9.06. The Morgan fingerprint density at radius 2 is 1.93 bits per heavy atom. The Morgan fingerprint density at radius 1 is 1.17 bits per heavy atom. The number of fused-ring (bicyclic) bond motifs is 1. The van der Waals surface area contributed by atoms with E-state index < -0.39 is 10.8 Å². The number of carbonyl (C=O) groups is 1. The maximum absolute atomic E-state index is 12.0. The minimum Gasteiger partial charge on any atom is -0.504 e. The van der Waals surface area contributed by atoms with E-state index in [1.54, 1.807) is 13.0 Å². The van der Waals surface area contributed by atoms with Crippen molar-refractivity contribution < 1.29 is 24.3 Å². The number of hydrazone groups is 1. The largest absolute Gasteiger partial charge is 0.504 e.